The van der Waals surface area contributed by atoms with E-state index >= 15 is 0 Å². The quantitative estimate of drug-likeness (QED) is 0.274. The van der Waals surface area contributed by atoms with Crippen LogP contribution in [0.25, 0.3) is 0 Å². The van der Waals surface area contributed by atoms with Crippen LogP contribution in [-0.2, 0) is 10.4 Å². The molecule has 4 nitrogen and oxygen atoms in total. The number of hydrogen-bond acceptors (Lipinski definition) is 2. The predicted molar refractivity (Wildman–Crippen MR) is 15.3 cm³/mol. The molecule has 0 heterocycles. The Hall–Kier alpha value is 2.51. The largest absolute Gasteiger partial charge is 1.00 e. The molecule has 0 fully saturated rings. The fourth-order valence-electron chi connectivity index (χ4n) is 0. The van der Waals surface area contributed by atoms with Crippen molar-refractivity contribution in [1.29, 1.82) is 0 Å². The fraction of sp³-hybridized carbons (Fsp3) is 0. The van der Waals surface area contributed by atoms with Gasteiger partial charge in [-0.25, -0.2) is 0 Å². The molecule has 0 aliphatic carbocycles. The minimum absolute atomic E-state index is 0. The van der Waals surface area contributed by atoms with Crippen LogP contribution >= 0.6 is 0 Å². The van der Waals surface area contributed by atoms with E-state index in [1.807, 2.05) is 0 Å². The van der Waals surface area contributed by atoms with Crippen LogP contribution in [0.2, 0.25) is 0 Å². The van der Waals surface area contributed by atoms with Crippen molar-refractivity contribution >= 4 is 10.4 Å². The summed E-state index contributed by atoms with van der Waals surface area (Å²) in [5, 5.41) is 0. The van der Waals surface area contributed by atoms with E-state index in [0.29, 0.717) is 0 Å². The fourth-order valence-corrected chi connectivity index (χ4v) is 0. The molecule has 7 heteroatoms. The summed E-state index contributed by atoms with van der Waals surface area (Å²) in [4.78, 5) is 0. The summed E-state index contributed by atoms with van der Waals surface area (Å²) in [5.41, 5.74) is 0. The van der Waals surface area contributed by atoms with Crippen molar-refractivity contribution in [2.75, 3.05) is 0 Å². The Balaban J connectivity index is -0.0000000267. The van der Waals surface area contributed by atoms with Gasteiger partial charge in [0.2, 0.25) is 0 Å². The second-order valence-electron chi connectivity index (χ2n) is 0.448. The Morgan fingerprint density at radius 3 is 1.29 bits per heavy atom. The third-order valence-corrected chi connectivity index (χ3v) is 0. The average molecular weight is 161 g/mol. The van der Waals surface area contributed by atoms with Crippen molar-refractivity contribution in [2.24, 2.45) is 0 Å². The minimum Gasteiger partial charge on any atom is -0.264 e. The third-order valence-electron chi connectivity index (χ3n) is 0. The zero-order chi connectivity index (χ0) is 4.50. The van der Waals surface area contributed by atoms with Crippen LogP contribution in [0.15, 0.2) is 0 Å². The molecular weight excluding hydrogens is 158 g/mol. The summed E-state index contributed by atoms with van der Waals surface area (Å²) in [5.74, 6) is 0. The van der Waals surface area contributed by atoms with Gasteiger partial charge in [-0.15, -0.1) is 0 Å². The molecule has 0 aromatic carbocycles. The molecule has 0 radical (unpaired) electrons. The smallest absolute Gasteiger partial charge is 0.264 e. The summed E-state index contributed by atoms with van der Waals surface area (Å²) in [6.45, 7) is 0. The van der Waals surface area contributed by atoms with Gasteiger partial charge >= 0.3 is 92.8 Å². The molecular formula is H3KNaO4S+3. The Labute approximate surface area is 108 Å². The van der Waals surface area contributed by atoms with Gasteiger partial charge in [-0.05, 0) is 0 Å². The number of rotatable bonds is 0. The molecule has 0 aromatic heterocycles. The topological polar surface area (TPSA) is 74.6 Å². The Morgan fingerprint density at radius 2 is 1.29 bits per heavy atom. The molecule has 0 atom stereocenters. The van der Waals surface area contributed by atoms with Crippen molar-refractivity contribution in [3.8, 4) is 0 Å². The molecule has 0 saturated heterocycles. The van der Waals surface area contributed by atoms with Gasteiger partial charge in [0, 0.05) is 0 Å². The van der Waals surface area contributed by atoms with Gasteiger partial charge in [-0.2, -0.15) is 8.42 Å². The molecule has 0 bridgehead atoms. The van der Waals surface area contributed by atoms with Crippen LogP contribution in [-0.4, -0.2) is 17.5 Å². The van der Waals surface area contributed by atoms with Gasteiger partial charge < -0.3 is 0 Å². The molecule has 0 amide bonds. The van der Waals surface area contributed by atoms with Gasteiger partial charge in [0.1, 0.15) is 0 Å². The molecule has 0 aliphatic heterocycles. The van der Waals surface area contributed by atoms with E-state index in [1.165, 1.54) is 0 Å². The maximum Gasteiger partial charge on any atom is 1.00 e. The van der Waals surface area contributed by atoms with E-state index in [-0.39, 0.29) is 82.4 Å². The van der Waals surface area contributed by atoms with Crippen LogP contribution in [0.5, 0.6) is 0 Å². The van der Waals surface area contributed by atoms with Gasteiger partial charge in [0.15, 0.2) is 0 Å². The van der Waals surface area contributed by atoms with Gasteiger partial charge in [-0.3, -0.25) is 9.11 Å². The summed E-state index contributed by atoms with van der Waals surface area (Å²) in [6.07, 6.45) is 0. The molecule has 2 N–H and O–H groups in total. The van der Waals surface area contributed by atoms with Crippen molar-refractivity contribution < 1.29 is 99.9 Å². The first-order chi connectivity index (χ1) is 2.00. The van der Waals surface area contributed by atoms with Gasteiger partial charge in [0.05, 0.1) is 0 Å². The molecule has 0 rings (SSSR count). The first kappa shape index (κ1) is 16.2. The first-order valence-corrected chi connectivity index (χ1v) is 2.10. The molecule has 0 aromatic rings. The molecule has 0 unspecified atom stereocenters. The number of hydrogen-bond donors (Lipinski definition) is 2. The van der Waals surface area contributed by atoms with Crippen LogP contribution in [0.1, 0.15) is 1.43 Å². The van der Waals surface area contributed by atoms with Gasteiger partial charge in [0.25, 0.3) is 0 Å². The zero-order valence-electron chi connectivity index (χ0n) is 5.12. The maximum absolute atomic E-state index is 8.74. The second-order valence-corrected chi connectivity index (χ2v) is 1.34. The first-order valence-electron chi connectivity index (χ1n) is 0.698. The minimum atomic E-state index is -4.67. The van der Waals surface area contributed by atoms with E-state index in [9.17, 15) is 0 Å². The van der Waals surface area contributed by atoms with Crippen LogP contribution in [0.3, 0.4) is 0 Å². The summed E-state index contributed by atoms with van der Waals surface area (Å²) >= 11 is 0. The van der Waals surface area contributed by atoms with E-state index in [0.717, 1.165) is 0 Å². The van der Waals surface area contributed by atoms with Crippen molar-refractivity contribution in [1.82, 2.24) is 0 Å². The third kappa shape index (κ3) is 57.3. The van der Waals surface area contributed by atoms with Crippen LogP contribution in [0.4, 0.5) is 0 Å². The summed E-state index contributed by atoms with van der Waals surface area (Å²) in [6, 6.07) is 0. The second kappa shape index (κ2) is 6.62. The molecule has 0 aliphatic rings. The molecule has 0 spiro atoms. The average Bonchev–Trinajstić information content (AvgIpc) is 0.722. The molecule has 32 valence electrons. The Bertz CT molecular complexity index is 99.2. The van der Waals surface area contributed by atoms with Crippen LogP contribution in [0, 0.1) is 0 Å². The summed E-state index contributed by atoms with van der Waals surface area (Å²) < 4.78 is 31.6. The Morgan fingerprint density at radius 1 is 1.29 bits per heavy atom. The molecule has 7 heavy (non-hydrogen) atoms. The van der Waals surface area contributed by atoms with E-state index < -0.39 is 10.4 Å². The van der Waals surface area contributed by atoms with E-state index in [2.05, 4.69) is 0 Å². The SMILES string of the molecule is O=S(=O)(O)O.[H+].[K+].[Na+]. The molecule has 0 saturated carbocycles. The monoisotopic (exact) mass is 161 g/mol. The van der Waals surface area contributed by atoms with E-state index in [4.69, 9.17) is 17.5 Å². The van der Waals surface area contributed by atoms with Crippen molar-refractivity contribution in [3.05, 3.63) is 0 Å². The van der Waals surface area contributed by atoms with Crippen molar-refractivity contribution in [2.45, 2.75) is 0 Å². The summed E-state index contributed by atoms with van der Waals surface area (Å²) in [7, 11) is -4.67. The zero-order valence-corrected chi connectivity index (χ0v) is 10.1. The predicted octanol–water partition coefficient (Wildman–Crippen LogP) is -6.53. The maximum atomic E-state index is 8.74. The van der Waals surface area contributed by atoms with Gasteiger partial charge in [-0.1, -0.05) is 0 Å². The standard InChI is InChI=1S/K.Na.H2O4S/c;;1-5(2,3)4/h;;(H2,1,2,3,4)/q2*+1;/p+1. The van der Waals surface area contributed by atoms with Crippen molar-refractivity contribution in [3.63, 3.8) is 0 Å². The van der Waals surface area contributed by atoms with Crippen LogP contribution < -0.4 is 80.9 Å². The normalized spacial score (nSPS) is 8.29. The Kier molecular flexibility index (Phi) is 15.4. The van der Waals surface area contributed by atoms with E-state index in [1.54, 1.807) is 0 Å².